The van der Waals surface area contributed by atoms with Gasteiger partial charge < -0.3 is 11.1 Å². The van der Waals surface area contributed by atoms with Crippen molar-refractivity contribution in [2.45, 2.75) is 33.6 Å². The summed E-state index contributed by atoms with van der Waals surface area (Å²) in [7, 11) is 1.97. The number of aliphatic imine (C=N–C) groups is 1. The third-order valence-electron chi connectivity index (χ3n) is 2.85. The number of guanidine groups is 1. The molecule has 18 heavy (non-hydrogen) atoms. The molecule has 0 aliphatic heterocycles. The Morgan fingerprint density at radius 3 is 2.61 bits per heavy atom. The molecule has 1 aromatic heterocycles. The number of halogens is 1. The maximum absolute atomic E-state index is 5.72. The van der Waals surface area contributed by atoms with Crippen LogP contribution in [0.4, 0.5) is 0 Å². The van der Waals surface area contributed by atoms with Crippen LogP contribution >= 0.6 is 24.0 Å². The average molecular weight is 365 g/mol. The van der Waals surface area contributed by atoms with Crippen molar-refractivity contribution in [3.63, 3.8) is 0 Å². The highest BCUT2D eigenvalue weighted by Crippen LogP contribution is 2.11. The number of aromatic nitrogens is 2. The first-order chi connectivity index (χ1) is 8.06. The molecule has 0 fully saturated rings. The summed E-state index contributed by atoms with van der Waals surface area (Å²) in [6.45, 7) is 7.79. The van der Waals surface area contributed by atoms with Crippen LogP contribution < -0.4 is 11.1 Å². The Hall–Kier alpha value is -0.790. The van der Waals surface area contributed by atoms with Crippen molar-refractivity contribution in [1.29, 1.82) is 0 Å². The van der Waals surface area contributed by atoms with E-state index in [1.165, 1.54) is 11.3 Å². The molecule has 5 nitrogen and oxygen atoms in total. The first-order valence-electron chi connectivity index (χ1n) is 6.09. The zero-order chi connectivity index (χ0) is 12.8. The minimum atomic E-state index is 0. The van der Waals surface area contributed by atoms with Crippen LogP contribution in [0.3, 0.4) is 0 Å². The molecule has 1 rings (SSSR count). The summed E-state index contributed by atoms with van der Waals surface area (Å²) in [5, 5.41) is 7.51. The molecule has 0 aliphatic rings. The van der Waals surface area contributed by atoms with E-state index in [2.05, 4.69) is 29.3 Å². The summed E-state index contributed by atoms with van der Waals surface area (Å²) >= 11 is 0. The molecule has 0 unspecified atom stereocenters. The van der Waals surface area contributed by atoms with Gasteiger partial charge in [-0.3, -0.25) is 9.67 Å². The first-order valence-corrected chi connectivity index (χ1v) is 6.09. The van der Waals surface area contributed by atoms with Crippen LogP contribution in [-0.2, 0) is 13.5 Å². The van der Waals surface area contributed by atoms with Crippen molar-refractivity contribution in [2.24, 2.45) is 17.8 Å². The van der Waals surface area contributed by atoms with Crippen molar-refractivity contribution in [3.8, 4) is 0 Å². The van der Waals surface area contributed by atoms with E-state index in [0.717, 1.165) is 31.6 Å². The SMILES string of the molecule is CCCN=C(N)NCCc1c(C)nn(C)c1C.I. The largest absolute Gasteiger partial charge is 0.370 e. The van der Waals surface area contributed by atoms with Gasteiger partial charge in [0, 0.05) is 25.8 Å². The van der Waals surface area contributed by atoms with Crippen LogP contribution in [0, 0.1) is 13.8 Å². The average Bonchev–Trinajstić information content (AvgIpc) is 2.53. The van der Waals surface area contributed by atoms with Gasteiger partial charge in [0.1, 0.15) is 0 Å². The molecule has 0 saturated carbocycles. The van der Waals surface area contributed by atoms with E-state index >= 15 is 0 Å². The van der Waals surface area contributed by atoms with Crippen LogP contribution in [0.2, 0.25) is 0 Å². The minimum Gasteiger partial charge on any atom is -0.370 e. The predicted octanol–water partition coefficient (Wildman–Crippen LogP) is 1.51. The van der Waals surface area contributed by atoms with Crippen LogP contribution in [0.1, 0.15) is 30.3 Å². The predicted molar refractivity (Wildman–Crippen MR) is 86.6 cm³/mol. The molecule has 0 atom stereocenters. The molecule has 104 valence electrons. The fourth-order valence-electron chi connectivity index (χ4n) is 1.78. The van der Waals surface area contributed by atoms with Crippen LogP contribution in [0.25, 0.3) is 0 Å². The fraction of sp³-hybridized carbons (Fsp3) is 0.667. The molecule has 1 aromatic rings. The summed E-state index contributed by atoms with van der Waals surface area (Å²) in [5.74, 6) is 0.533. The number of hydrogen-bond acceptors (Lipinski definition) is 2. The van der Waals surface area contributed by atoms with Gasteiger partial charge in [0.15, 0.2) is 5.96 Å². The Balaban J connectivity index is 0.00000289. The van der Waals surface area contributed by atoms with Gasteiger partial charge in [-0.15, -0.1) is 24.0 Å². The van der Waals surface area contributed by atoms with Crippen LogP contribution in [0.15, 0.2) is 4.99 Å². The molecular formula is C12H24IN5. The lowest BCUT2D eigenvalue weighted by molar-refractivity contribution is 0.729. The highest BCUT2D eigenvalue weighted by atomic mass is 127. The number of nitrogens with zero attached hydrogens (tertiary/aromatic N) is 3. The molecular weight excluding hydrogens is 341 g/mol. The Morgan fingerprint density at radius 1 is 1.44 bits per heavy atom. The fourth-order valence-corrected chi connectivity index (χ4v) is 1.78. The van der Waals surface area contributed by atoms with Gasteiger partial charge in [0.25, 0.3) is 0 Å². The standard InChI is InChI=1S/C12H23N5.HI/c1-5-7-14-12(13)15-8-6-11-9(2)16-17(4)10(11)3;/h5-8H2,1-4H3,(H3,13,14,15);1H. The van der Waals surface area contributed by atoms with Crippen molar-refractivity contribution in [3.05, 3.63) is 17.0 Å². The lowest BCUT2D eigenvalue weighted by Gasteiger charge is -2.06. The van der Waals surface area contributed by atoms with Gasteiger partial charge in [0.2, 0.25) is 0 Å². The third-order valence-corrected chi connectivity index (χ3v) is 2.85. The Morgan fingerprint density at radius 2 is 2.11 bits per heavy atom. The van der Waals surface area contributed by atoms with Crippen molar-refractivity contribution in [1.82, 2.24) is 15.1 Å². The van der Waals surface area contributed by atoms with Gasteiger partial charge in [-0.25, -0.2) is 0 Å². The van der Waals surface area contributed by atoms with Crippen LogP contribution in [-0.4, -0.2) is 28.8 Å². The highest BCUT2D eigenvalue weighted by Gasteiger charge is 2.08. The quantitative estimate of drug-likeness (QED) is 0.472. The second-order valence-electron chi connectivity index (χ2n) is 4.22. The van der Waals surface area contributed by atoms with Crippen molar-refractivity contribution in [2.75, 3.05) is 13.1 Å². The lowest BCUT2D eigenvalue weighted by Crippen LogP contribution is -2.33. The highest BCUT2D eigenvalue weighted by molar-refractivity contribution is 14.0. The third kappa shape index (κ3) is 4.83. The van der Waals surface area contributed by atoms with Gasteiger partial charge in [-0.2, -0.15) is 5.10 Å². The Labute approximate surface area is 126 Å². The molecule has 0 bridgehead atoms. The summed E-state index contributed by atoms with van der Waals surface area (Å²) in [6.07, 6.45) is 1.94. The van der Waals surface area contributed by atoms with E-state index in [1.54, 1.807) is 0 Å². The molecule has 0 aromatic carbocycles. The lowest BCUT2D eigenvalue weighted by atomic mass is 10.1. The molecule has 0 saturated heterocycles. The zero-order valence-corrected chi connectivity index (χ0v) is 14.0. The number of nitrogens with two attached hydrogens (primary N) is 1. The van der Waals surface area contributed by atoms with Gasteiger partial charge in [-0.05, 0) is 32.3 Å². The second-order valence-corrected chi connectivity index (χ2v) is 4.22. The number of nitrogens with one attached hydrogen (secondary N) is 1. The zero-order valence-electron chi connectivity index (χ0n) is 11.7. The second kappa shape index (κ2) is 8.34. The monoisotopic (exact) mass is 365 g/mol. The summed E-state index contributed by atoms with van der Waals surface area (Å²) in [5.41, 5.74) is 9.33. The molecule has 0 aliphatic carbocycles. The summed E-state index contributed by atoms with van der Waals surface area (Å²) in [6, 6.07) is 0. The Bertz CT molecular complexity index is 397. The minimum absolute atomic E-state index is 0. The van der Waals surface area contributed by atoms with Crippen LogP contribution in [0.5, 0.6) is 0 Å². The maximum Gasteiger partial charge on any atom is 0.188 e. The normalized spacial score (nSPS) is 11.2. The summed E-state index contributed by atoms with van der Waals surface area (Å²) in [4.78, 5) is 4.19. The van der Waals surface area contributed by atoms with E-state index in [9.17, 15) is 0 Å². The van der Waals surface area contributed by atoms with Gasteiger partial charge >= 0.3 is 0 Å². The van der Waals surface area contributed by atoms with E-state index in [4.69, 9.17) is 5.73 Å². The Kier molecular flexibility index (Phi) is 7.97. The summed E-state index contributed by atoms with van der Waals surface area (Å²) < 4.78 is 1.92. The van der Waals surface area contributed by atoms with Crippen molar-refractivity contribution < 1.29 is 0 Å². The molecule has 6 heteroatoms. The molecule has 3 N–H and O–H groups in total. The number of rotatable bonds is 5. The van der Waals surface area contributed by atoms with Gasteiger partial charge in [-0.1, -0.05) is 6.92 Å². The number of aryl methyl sites for hydroxylation is 2. The van der Waals surface area contributed by atoms with Crippen molar-refractivity contribution >= 4 is 29.9 Å². The maximum atomic E-state index is 5.72. The van der Waals surface area contributed by atoms with E-state index in [0.29, 0.717) is 5.96 Å². The molecule has 0 amide bonds. The first kappa shape index (κ1) is 17.2. The van der Waals surface area contributed by atoms with Gasteiger partial charge in [0.05, 0.1) is 5.69 Å². The molecule has 1 heterocycles. The smallest absolute Gasteiger partial charge is 0.188 e. The molecule has 0 spiro atoms. The van der Waals surface area contributed by atoms with E-state index in [1.807, 2.05) is 18.7 Å². The van der Waals surface area contributed by atoms with E-state index in [-0.39, 0.29) is 24.0 Å². The van der Waals surface area contributed by atoms with E-state index < -0.39 is 0 Å². The number of hydrogen-bond donors (Lipinski definition) is 2. The molecule has 0 radical (unpaired) electrons. The topological polar surface area (TPSA) is 68.2 Å².